The lowest BCUT2D eigenvalue weighted by Gasteiger charge is -2.23. The van der Waals surface area contributed by atoms with Crippen molar-refractivity contribution in [2.45, 2.75) is 19.4 Å². The van der Waals surface area contributed by atoms with Crippen LogP contribution in [0.3, 0.4) is 0 Å². The average molecular weight is 227 g/mol. The van der Waals surface area contributed by atoms with Crippen molar-refractivity contribution in [3.05, 3.63) is 0 Å². The van der Waals surface area contributed by atoms with Gasteiger partial charge in [0.1, 0.15) is 0 Å². The molecule has 0 fully saturated rings. The summed E-state index contributed by atoms with van der Waals surface area (Å²) < 4.78 is 4.94. The SMILES string of the molecule is CNc1nc(NC(C)(C)CO)nc(OC)n1. The number of nitrogens with zero attached hydrogens (tertiary/aromatic N) is 3. The van der Waals surface area contributed by atoms with Gasteiger partial charge in [0.05, 0.1) is 19.3 Å². The monoisotopic (exact) mass is 227 g/mol. The first-order valence-corrected chi connectivity index (χ1v) is 4.87. The molecule has 0 unspecified atom stereocenters. The average Bonchev–Trinajstić information content (AvgIpc) is 2.28. The van der Waals surface area contributed by atoms with Gasteiger partial charge < -0.3 is 20.5 Å². The minimum absolute atomic E-state index is 0.0319. The number of anilines is 2. The summed E-state index contributed by atoms with van der Waals surface area (Å²) >= 11 is 0. The lowest BCUT2D eigenvalue weighted by molar-refractivity contribution is 0.233. The Balaban J connectivity index is 2.95. The highest BCUT2D eigenvalue weighted by Crippen LogP contribution is 2.14. The summed E-state index contributed by atoms with van der Waals surface area (Å²) in [5.41, 5.74) is -0.503. The molecule has 1 aromatic rings. The Labute approximate surface area is 94.3 Å². The Morgan fingerprint density at radius 2 is 1.88 bits per heavy atom. The number of aliphatic hydroxyl groups is 1. The Hall–Kier alpha value is -1.63. The minimum atomic E-state index is -0.503. The van der Waals surface area contributed by atoms with Crippen LogP contribution in [0.25, 0.3) is 0 Å². The van der Waals surface area contributed by atoms with E-state index >= 15 is 0 Å². The minimum Gasteiger partial charge on any atom is -0.467 e. The maximum atomic E-state index is 9.13. The standard InChI is InChI=1S/C9H17N5O2/c1-9(2,5-15)14-7-11-6(10-3)12-8(13-7)16-4/h15H,5H2,1-4H3,(H2,10,11,12,13,14). The Morgan fingerprint density at radius 3 is 2.38 bits per heavy atom. The number of methoxy groups -OCH3 is 1. The fourth-order valence-electron chi connectivity index (χ4n) is 0.958. The van der Waals surface area contributed by atoms with Gasteiger partial charge in [0.25, 0.3) is 0 Å². The molecule has 16 heavy (non-hydrogen) atoms. The van der Waals surface area contributed by atoms with E-state index in [1.54, 1.807) is 7.05 Å². The summed E-state index contributed by atoms with van der Waals surface area (Å²) in [6.45, 7) is 3.64. The van der Waals surface area contributed by atoms with Gasteiger partial charge >= 0.3 is 6.01 Å². The number of aliphatic hydroxyl groups excluding tert-OH is 1. The van der Waals surface area contributed by atoms with Crippen LogP contribution < -0.4 is 15.4 Å². The first-order valence-electron chi connectivity index (χ1n) is 4.87. The zero-order valence-electron chi connectivity index (χ0n) is 9.90. The molecule has 0 radical (unpaired) electrons. The largest absolute Gasteiger partial charge is 0.467 e. The second-order valence-electron chi connectivity index (χ2n) is 3.89. The summed E-state index contributed by atoms with van der Waals surface area (Å²) in [5.74, 6) is 0.762. The van der Waals surface area contributed by atoms with Gasteiger partial charge in [-0.1, -0.05) is 0 Å². The first-order chi connectivity index (χ1) is 7.50. The van der Waals surface area contributed by atoms with E-state index in [2.05, 4.69) is 25.6 Å². The summed E-state index contributed by atoms with van der Waals surface area (Å²) in [4.78, 5) is 12.1. The third kappa shape index (κ3) is 3.20. The molecule has 1 rings (SSSR count). The molecule has 0 aromatic carbocycles. The molecule has 1 heterocycles. The lowest BCUT2D eigenvalue weighted by Crippen LogP contribution is -2.35. The van der Waals surface area contributed by atoms with E-state index in [0.717, 1.165) is 0 Å². The first kappa shape index (κ1) is 12.4. The third-order valence-corrected chi connectivity index (χ3v) is 1.87. The van der Waals surface area contributed by atoms with Crippen molar-refractivity contribution >= 4 is 11.9 Å². The van der Waals surface area contributed by atoms with Crippen LogP contribution in [0.4, 0.5) is 11.9 Å². The van der Waals surface area contributed by atoms with Gasteiger partial charge in [-0.25, -0.2) is 0 Å². The lowest BCUT2D eigenvalue weighted by atomic mass is 10.1. The molecule has 0 aliphatic rings. The van der Waals surface area contributed by atoms with Gasteiger partial charge in [-0.15, -0.1) is 0 Å². The maximum absolute atomic E-state index is 9.13. The molecule has 0 bridgehead atoms. The quantitative estimate of drug-likeness (QED) is 0.657. The summed E-state index contributed by atoms with van der Waals surface area (Å²) in [5, 5.41) is 14.9. The van der Waals surface area contributed by atoms with Gasteiger partial charge in [0.15, 0.2) is 0 Å². The maximum Gasteiger partial charge on any atom is 0.322 e. The highest BCUT2D eigenvalue weighted by atomic mass is 16.5. The molecule has 7 nitrogen and oxygen atoms in total. The van der Waals surface area contributed by atoms with Crippen molar-refractivity contribution in [1.29, 1.82) is 0 Å². The van der Waals surface area contributed by atoms with Crippen molar-refractivity contribution in [3.63, 3.8) is 0 Å². The Kier molecular flexibility index (Phi) is 3.83. The van der Waals surface area contributed by atoms with Crippen molar-refractivity contribution in [2.75, 3.05) is 31.4 Å². The predicted molar refractivity (Wildman–Crippen MR) is 60.7 cm³/mol. The molecule has 0 spiro atoms. The van der Waals surface area contributed by atoms with Crippen LogP contribution in [0.1, 0.15) is 13.8 Å². The highest BCUT2D eigenvalue weighted by Gasteiger charge is 2.18. The summed E-state index contributed by atoms with van der Waals surface area (Å²) in [7, 11) is 3.19. The zero-order chi connectivity index (χ0) is 12.2. The number of ether oxygens (including phenoxy) is 1. The normalized spacial score (nSPS) is 11.1. The van der Waals surface area contributed by atoms with E-state index in [0.29, 0.717) is 11.9 Å². The second kappa shape index (κ2) is 4.93. The van der Waals surface area contributed by atoms with Crippen LogP contribution in [0.2, 0.25) is 0 Å². The van der Waals surface area contributed by atoms with Crippen LogP contribution in [0.5, 0.6) is 6.01 Å². The summed E-state index contributed by atoms with van der Waals surface area (Å²) in [6.07, 6.45) is 0. The van der Waals surface area contributed by atoms with Crippen LogP contribution in [-0.2, 0) is 0 Å². The number of rotatable bonds is 5. The summed E-state index contributed by atoms with van der Waals surface area (Å²) in [6, 6.07) is 0.218. The van der Waals surface area contributed by atoms with Crippen LogP contribution >= 0.6 is 0 Å². The molecule has 0 saturated heterocycles. The second-order valence-corrected chi connectivity index (χ2v) is 3.89. The van der Waals surface area contributed by atoms with Crippen molar-refractivity contribution in [2.24, 2.45) is 0 Å². The zero-order valence-corrected chi connectivity index (χ0v) is 9.90. The molecule has 7 heteroatoms. The van der Waals surface area contributed by atoms with E-state index < -0.39 is 5.54 Å². The van der Waals surface area contributed by atoms with E-state index in [-0.39, 0.29) is 12.6 Å². The van der Waals surface area contributed by atoms with Crippen LogP contribution in [-0.4, -0.2) is 46.4 Å². The third-order valence-electron chi connectivity index (χ3n) is 1.87. The number of hydrogen-bond acceptors (Lipinski definition) is 7. The highest BCUT2D eigenvalue weighted by molar-refractivity contribution is 5.37. The van der Waals surface area contributed by atoms with Crippen LogP contribution in [0, 0.1) is 0 Å². The fraction of sp³-hybridized carbons (Fsp3) is 0.667. The van der Waals surface area contributed by atoms with Gasteiger partial charge in [-0.2, -0.15) is 15.0 Å². The van der Waals surface area contributed by atoms with E-state index in [9.17, 15) is 0 Å². The molecular weight excluding hydrogens is 210 g/mol. The van der Waals surface area contributed by atoms with Crippen LogP contribution in [0.15, 0.2) is 0 Å². The van der Waals surface area contributed by atoms with E-state index in [1.807, 2.05) is 13.8 Å². The molecule has 1 aromatic heterocycles. The molecule has 0 aliphatic heterocycles. The molecular formula is C9H17N5O2. The number of aromatic nitrogens is 3. The van der Waals surface area contributed by atoms with Crippen molar-refractivity contribution < 1.29 is 9.84 Å². The van der Waals surface area contributed by atoms with Gasteiger partial charge in [-0.3, -0.25) is 0 Å². The van der Waals surface area contributed by atoms with Gasteiger partial charge in [0.2, 0.25) is 11.9 Å². The van der Waals surface area contributed by atoms with E-state index in [4.69, 9.17) is 9.84 Å². The van der Waals surface area contributed by atoms with Crippen molar-refractivity contribution in [3.8, 4) is 6.01 Å². The number of hydrogen-bond donors (Lipinski definition) is 3. The topological polar surface area (TPSA) is 92.2 Å². The smallest absolute Gasteiger partial charge is 0.322 e. The molecule has 0 atom stereocenters. The predicted octanol–water partition coefficient (Wildman–Crippen LogP) is 0.105. The number of nitrogens with one attached hydrogen (secondary N) is 2. The molecule has 90 valence electrons. The fourth-order valence-corrected chi connectivity index (χ4v) is 0.958. The Morgan fingerprint density at radius 1 is 1.25 bits per heavy atom. The Bertz CT molecular complexity index is 334. The molecule has 0 amide bonds. The molecule has 0 saturated carbocycles. The van der Waals surface area contributed by atoms with Gasteiger partial charge in [-0.05, 0) is 13.8 Å². The van der Waals surface area contributed by atoms with E-state index in [1.165, 1.54) is 7.11 Å². The molecule has 3 N–H and O–H groups in total. The van der Waals surface area contributed by atoms with Gasteiger partial charge in [0, 0.05) is 7.05 Å². The molecule has 0 aliphatic carbocycles. The van der Waals surface area contributed by atoms with Crippen molar-refractivity contribution in [1.82, 2.24) is 15.0 Å².